The minimum Gasteiger partial charge on any atom is -0.424 e. The van der Waals surface area contributed by atoms with Crippen molar-refractivity contribution in [3.8, 4) is 0 Å². The number of piperidine rings is 2. The van der Waals surface area contributed by atoms with E-state index in [4.69, 9.17) is 9.15 Å². The monoisotopic (exact) mass is 336 g/mol. The van der Waals surface area contributed by atoms with Crippen LogP contribution in [0.15, 0.2) is 4.42 Å². The van der Waals surface area contributed by atoms with Gasteiger partial charge in [-0.2, -0.15) is 0 Å². The van der Waals surface area contributed by atoms with E-state index in [9.17, 15) is 4.79 Å². The molecule has 1 spiro atoms. The largest absolute Gasteiger partial charge is 0.424 e. The molecule has 2 saturated heterocycles. The summed E-state index contributed by atoms with van der Waals surface area (Å²) < 4.78 is 10.6. The average Bonchev–Trinajstić information content (AvgIpc) is 2.96. The lowest BCUT2D eigenvalue weighted by atomic mass is 9.73. The van der Waals surface area contributed by atoms with Gasteiger partial charge in [0.05, 0.1) is 6.54 Å². The lowest BCUT2D eigenvalue weighted by Gasteiger charge is -2.48. The molecule has 2 fully saturated rings. The van der Waals surface area contributed by atoms with Crippen molar-refractivity contribution in [2.75, 3.05) is 39.9 Å². The van der Waals surface area contributed by atoms with E-state index in [0.717, 1.165) is 45.4 Å². The van der Waals surface area contributed by atoms with Crippen LogP contribution in [-0.4, -0.2) is 65.8 Å². The first-order valence-corrected chi connectivity index (χ1v) is 8.88. The fourth-order valence-electron chi connectivity index (χ4n) is 4.08. The average molecular weight is 336 g/mol. The Morgan fingerprint density at radius 3 is 2.92 bits per heavy atom. The Morgan fingerprint density at radius 2 is 2.17 bits per heavy atom. The molecule has 0 aliphatic carbocycles. The molecule has 1 aromatic rings. The van der Waals surface area contributed by atoms with Crippen LogP contribution in [0, 0.1) is 12.3 Å². The summed E-state index contributed by atoms with van der Waals surface area (Å²) in [4.78, 5) is 16.7. The highest BCUT2D eigenvalue weighted by atomic mass is 16.5. The van der Waals surface area contributed by atoms with Crippen molar-refractivity contribution in [2.45, 2.75) is 45.6 Å². The Bertz CT molecular complexity index is 562. The van der Waals surface area contributed by atoms with Gasteiger partial charge in [0.1, 0.15) is 0 Å². The summed E-state index contributed by atoms with van der Waals surface area (Å²) in [6, 6.07) is 0. The van der Waals surface area contributed by atoms with E-state index in [1.807, 2.05) is 11.8 Å². The molecule has 0 aromatic carbocycles. The topological polar surface area (TPSA) is 71.7 Å². The first-order chi connectivity index (χ1) is 11.6. The zero-order valence-corrected chi connectivity index (χ0v) is 14.8. The van der Waals surface area contributed by atoms with Crippen LogP contribution in [-0.2, 0) is 16.1 Å². The maximum absolute atomic E-state index is 12.2. The summed E-state index contributed by atoms with van der Waals surface area (Å²) in [6.45, 7) is 6.97. The van der Waals surface area contributed by atoms with E-state index < -0.39 is 0 Å². The Hall–Kier alpha value is -1.47. The minimum absolute atomic E-state index is 0.217. The van der Waals surface area contributed by atoms with Crippen molar-refractivity contribution < 1.29 is 13.9 Å². The number of carbonyl (C=O) groups is 1. The maximum atomic E-state index is 12.2. The number of likely N-dealkylation sites (tertiary alicyclic amines) is 2. The second-order valence-electron chi connectivity index (χ2n) is 7.19. The molecule has 0 saturated carbocycles. The summed E-state index contributed by atoms with van der Waals surface area (Å²) in [7, 11) is 1.71. The van der Waals surface area contributed by atoms with E-state index in [1.165, 1.54) is 6.42 Å². The number of amides is 1. The second-order valence-corrected chi connectivity index (χ2v) is 7.19. The molecular formula is C17H28N4O3. The normalized spacial score (nSPS) is 25.6. The molecule has 2 aliphatic rings. The number of aryl methyl sites for hydroxylation is 1. The third kappa shape index (κ3) is 4.13. The number of ether oxygens (including phenoxy) is 1. The van der Waals surface area contributed by atoms with Gasteiger partial charge in [0.15, 0.2) is 0 Å². The van der Waals surface area contributed by atoms with Crippen LogP contribution < -0.4 is 0 Å². The molecule has 3 rings (SSSR count). The third-order valence-corrected chi connectivity index (χ3v) is 5.19. The summed E-state index contributed by atoms with van der Waals surface area (Å²) >= 11 is 0. The number of hydrogen-bond donors (Lipinski definition) is 0. The van der Waals surface area contributed by atoms with Gasteiger partial charge in [0.2, 0.25) is 17.7 Å². The SMILES string of the molecule is COCCCN1CC2(CCCN(Cc3nnc(C)o3)C2)CCC1=O. The molecular weight excluding hydrogens is 308 g/mol. The quantitative estimate of drug-likeness (QED) is 0.735. The van der Waals surface area contributed by atoms with Gasteiger partial charge in [-0.05, 0) is 32.2 Å². The van der Waals surface area contributed by atoms with Crippen molar-refractivity contribution >= 4 is 5.91 Å². The molecule has 0 radical (unpaired) electrons. The van der Waals surface area contributed by atoms with E-state index in [-0.39, 0.29) is 5.41 Å². The summed E-state index contributed by atoms with van der Waals surface area (Å²) in [5.74, 6) is 1.60. The predicted molar refractivity (Wildman–Crippen MR) is 88.3 cm³/mol. The second kappa shape index (κ2) is 7.61. The van der Waals surface area contributed by atoms with Gasteiger partial charge in [-0.15, -0.1) is 10.2 Å². The summed E-state index contributed by atoms with van der Waals surface area (Å²) in [6.07, 6.45) is 4.92. The van der Waals surface area contributed by atoms with Crippen LogP contribution in [0.5, 0.6) is 0 Å². The molecule has 1 unspecified atom stereocenters. The summed E-state index contributed by atoms with van der Waals surface area (Å²) in [5, 5.41) is 8.03. The van der Waals surface area contributed by atoms with Crippen LogP contribution in [0.25, 0.3) is 0 Å². The molecule has 24 heavy (non-hydrogen) atoms. The zero-order valence-electron chi connectivity index (χ0n) is 14.8. The highest BCUT2D eigenvalue weighted by Gasteiger charge is 2.41. The molecule has 134 valence electrons. The number of rotatable bonds is 6. The highest BCUT2D eigenvalue weighted by molar-refractivity contribution is 5.77. The Kier molecular flexibility index (Phi) is 5.50. The maximum Gasteiger partial charge on any atom is 0.230 e. The van der Waals surface area contributed by atoms with E-state index in [1.54, 1.807) is 7.11 Å². The van der Waals surface area contributed by atoms with E-state index in [0.29, 0.717) is 37.3 Å². The van der Waals surface area contributed by atoms with Crippen LogP contribution in [0.1, 0.15) is 43.9 Å². The van der Waals surface area contributed by atoms with E-state index >= 15 is 0 Å². The van der Waals surface area contributed by atoms with Crippen molar-refractivity contribution in [1.82, 2.24) is 20.0 Å². The van der Waals surface area contributed by atoms with Crippen LogP contribution in [0.2, 0.25) is 0 Å². The molecule has 0 N–H and O–H groups in total. The van der Waals surface area contributed by atoms with Crippen molar-refractivity contribution in [2.24, 2.45) is 5.41 Å². The third-order valence-electron chi connectivity index (χ3n) is 5.19. The van der Waals surface area contributed by atoms with Crippen molar-refractivity contribution in [1.29, 1.82) is 0 Å². The van der Waals surface area contributed by atoms with Gasteiger partial charge in [-0.25, -0.2) is 0 Å². The van der Waals surface area contributed by atoms with Gasteiger partial charge in [0.25, 0.3) is 0 Å². The highest BCUT2D eigenvalue weighted by Crippen LogP contribution is 2.39. The number of nitrogens with zero attached hydrogens (tertiary/aromatic N) is 4. The van der Waals surface area contributed by atoms with Crippen LogP contribution >= 0.6 is 0 Å². The Morgan fingerprint density at radius 1 is 1.29 bits per heavy atom. The van der Waals surface area contributed by atoms with Gasteiger partial charge >= 0.3 is 0 Å². The minimum atomic E-state index is 0.217. The van der Waals surface area contributed by atoms with Gasteiger partial charge in [-0.3, -0.25) is 9.69 Å². The van der Waals surface area contributed by atoms with Crippen LogP contribution in [0.3, 0.4) is 0 Å². The molecule has 7 heteroatoms. The molecule has 1 amide bonds. The number of methoxy groups -OCH3 is 1. The smallest absolute Gasteiger partial charge is 0.230 e. The zero-order chi connectivity index (χ0) is 17.0. The molecule has 2 aliphatic heterocycles. The van der Waals surface area contributed by atoms with Crippen molar-refractivity contribution in [3.05, 3.63) is 11.8 Å². The number of hydrogen-bond acceptors (Lipinski definition) is 6. The van der Waals surface area contributed by atoms with E-state index in [2.05, 4.69) is 15.1 Å². The van der Waals surface area contributed by atoms with Gasteiger partial charge in [-0.1, -0.05) is 0 Å². The van der Waals surface area contributed by atoms with Crippen LogP contribution in [0.4, 0.5) is 0 Å². The standard InChI is InChI=1S/C17H28N4O3/c1-14-18-19-15(24-14)11-20-8-3-6-17(12-20)7-5-16(22)21(13-17)9-4-10-23-2/h3-13H2,1-2H3. The molecule has 3 heterocycles. The fraction of sp³-hybridized carbons (Fsp3) is 0.824. The fourth-order valence-corrected chi connectivity index (χ4v) is 4.08. The molecule has 7 nitrogen and oxygen atoms in total. The number of carbonyl (C=O) groups excluding carboxylic acids is 1. The predicted octanol–water partition coefficient (Wildman–Crippen LogP) is 1.62. The van der Waals surface area contributed by atoms with Gasteiger partial charge in [0, 0.05) is 52.1 Å². The molecule has 1 aromatic heterocycles. The first-order valence-electron chi connectivity index (χ1n) is 8.88. The summed E-state index contributed by atoms with van der Waals surface area (Å²) in [5.41, 5.74) is 0.217. The van der Waals surface area contributed by atoms with Crippen molar-refractivity contribution in [3.63, 3.8) is 0 Å². The lowest BCUT2D eigenvalue weighted by Crippen LogP contribution is -2.54. The lowest BCUT2D eigenvalue weighted by molar-refractivity contribution is -0.139. The molecule has 1 atom stereocenters. The molecule has 0 bridgehead atoms. The number of aromatic nitrogens is 2. The first kappa shape index (κ1) is 17.4. The Labute approximate surface area is 143 Å². The Balaban J connectivity index is 1.60. The van der Waals surface area contributed by atoms with Gasteiger partial charge < -0.3 is 14.1 Å².